The molecule has 2 atom stereocenters. The second kappa shape index (κ2) is 7.45. The summed E-state index contributed by atoms with van der Waals surface area (Å²) in [6.07, 6.45) is 3.30. The Morgan fingerprint density at radius 1 is 1.21 bits per heavy atom. The van der Waals surface area contributed by atoms with E-state index >= 15 is 0 Å². The van der Waals surface area contributed by atoms with Gasteiger partial charge in [0.2, 0.25) is 0 Å². The minimum atomic E-state index is -0.693. The molecular formula is C19H19FO4. The average molecular weight is 330 g/mol. The van der Waals surface area contributed by atoms with Crippen LogP contribution in [0.5, 0.6) is 11.5 Å². The number of carbonyl (C=O) groups is 1. The SMILES string of the molecule is O=CC(c1ccc(F)cc1)c1cc(OC2CCCCO2)ccc1O. The second-order valence-corrected chi connectivity index (χ2v) is 5.80. The molecule has 2 aromatic rings. The first-order valence-electron chi connectivity index (χ1n) is 7.99. The number of benzene rings is 2. The van der Waals surface area contributed by atoms with E-state index in [9.17, 15) is 14.3 Å². The highest BCUT2D eigenvalue weighted by Crippen LogP contribution is 2.33. The number of halogens is 1. The molecule has 1 heterocycles. The van der Waals surface area contributed by atoms with Crippen LogP contribution in [0.4, 0.5) is 4.39 Å². The molecule has 0 amide bonds. The maximum absolute atomic E-state index is 13.1. The number of phenols is 1. The first kappa shape index (κ1) is 16.5. The first-order chi connectivity index (χ1) is 11.7. The summed E-state index contributed by atoms with van der Waals surface area (Å²) >= 11 is 0. The first-order valence-corrected chi connectivity index (χ1v) is 7.99. The van der Waals surface area contributed by atoms with Crippen LogP contribution in [0, 0.1) is 5.82 Å². The van der Waals surface area contributed by atoms with E-state index in [4.69, 9.17) is 9.47 Å². The number of carbonyl (C=O) groups excluding carboxylic acids is 1. The summed E-state index contributed by atoms with van der Waals surface area (Å²) in [6, 6.07) is 10.4. The predicted octanol–water partition coefficient (Wildman–Crippen LogP) is 3.77. The molecule has 0 aromatic heterocycles. The summed E-state index contributed by atoms with van der Waals surface area (Å²) in [5, 5.41) is 10.1. The zero-order chi connectivity index (χ0) is 16.9. The van der Waals surface area contributed by atoms with Gasteiger partial charge in [-0.1, -0.05) is 12.1 Å². The highest BCUT2D eigenvalue weighted by molar-refractivity contribution is 5.70. The highest BCUT2D eigenvalue weighted by atomic mass is 19.1. The van der Waals surface area contributed by atoms with Gasteiger partial charge in [0.05, 0.1) is 12.5 Å². The molecule has 0 saturated carbocycles. The molecule has 5 heteroatoms. The molecular weight excluding hydrogens is 311 g/mol. The van der Waals surface area contributed by atoms with Crippen molar-refractivity contribution in [2.75, 3.05) is 6.61 Å². The number of phenolic OH excluding ortho intramolecular Hbond substituents is 1. The molecule has 1 fully saturated rings. The van der Waals surface area contributed by atoms with Gasteiger partial charge in [-0.2, -0.15) is 0 Å². The van der Waals surface area contributed by atoms with Crippen LogP contribution in [-0.4, -0.2) is 24.3 Å². The van der Waals surface area contributed by atoms with E-state index in [0.717, 1.165) is 25.5 Å². The molecule has 4 nitrogen and oxygen atoms in total. The van der Waals surface area contributed by atoms with E-state index in [1.165, 1.54) is 30.3 Å². The van der Waals surface area contributed by atoms with Crippen molar-refractivity contribution in [1.29, 1.82) is 0 Å². The molecule has 2 unspecified atom stereocenters. The van der Waals surface area contributed by atoms with Crippen LogP contribution in [-0.2, 0) is 9.53 Å². The average Bonchev–Trinajstić information content (AvgIpc) is 2.61. The number of hydrogen-bond acceptors (Lipinski definition) is 4. The fourth-order valence-electron chi connectivity index (χ4n) is 2.81. The Morgan fingerprint density at radius 2 is 2.00 bits per heavy atom. The van der Waals surface area contributed by atoms with Gasteiger partial charge in [-0.15, -0.1) is 0 Å². The quantitative estimate of drug-likeness (QED) is 0.848. The van der Waals surface area contributed by atoms with Crippen molar-refractivity contribution in [2.45, 2.75) is 31.5 Å². The molecule has 24 heavy (non-hydrogen) atoms. The van der Waals surface area contributed by atoms with Crippen LogP contribution in [0.25, 0.3) is 0 Å². The Morgan fingerprint density at radius 3 is 2.67 bits per heavy atom. The summed E-state index contributed by atoms with van der Waals surface area (Å²) < 4.78 is 24.4. The highest BCUT2D eigenvalue weighted by Gasteiger charge is 2.20. The largest absolute Gasteiger partial charge is 0.508 e. The fourth-order valence-corrected chi connectivity index (χ4v) is 2.81. The predicted molar refractivity (Wildman–Crippen MR) is 86.6 cm³/mol. The molecule has 1 aliphatic rings. The third kappa shape index (κ3) is 3.74. The minimum Gasteiger partial charge on any atom is -0.508 e. The van der Waals surface area contributed by atoms with Gasteiger partial charge in [0.15, 0.2) is 6.29 Å². The number of ether oxygens (including phenoxy) is 2. The lowest BCUT2D eigenvalue weighted by Crippen LogP contribution is -2.25. The molecule has 1 saturated heterocycles. The maximum Gasteiger partial charge on any atom is 0.199 e. The zero-order valence-corrected chi connectivity index (χ0v) is 13.2. The Labute approximate surface area is 139 Å². The van der Waals surface area contributed by atoms with Crippen molar-refractivity contribution in [3.8, 4) is 11.5 Å². The van der Waals surface area contributed by atoms with Crippen molar-refractivity contribution in [3.05, 3.63) is 59.4 Å². The van der Waals surface area contributed by atoms with Crippen molar-refractivity contribution in [1.82, 2.24) is 0 Å². The van der Waals surface area contributed by atoms with E-state index in [1.807, 2.05) is 0 Å². The Bertz CT molecular complexity index is 693. The van der Waals surface area contributed by atoms with Gasteiger partial charge in [0, 0.05) is 12.0 Å². The summed E-state index contributed by atoms with van der Waals surface area (Å²) in [5.74, 6) is -0.544. The molecule has 1 aliphatic heterocycles. The van der Waals surface area contributed by atoms with Crippen molar-refractivity contribution in [3.63, 3.8) is 0 Å². The topological polar surface area (TPSA) is 55.8 Å². The normalized spacial score (nSPS) is 18.8. The van der Waals surface area contributed by atoms with E-state index in [-0.39, 0.29) is 17.9 Å². The number of rotatable bonds is 5. The lowest BCUT2D eigenvalue weighted by Gasteiger charge is -2.24. The van der Waals surface area contributed by atoms with Gasteiger partial charge in [-0.25, -0.2) is 4.39 Å². The lowest BCUT2D eigenvalue weighted by atomic mass is 9.92. The van der Waals surface area contributed by atoms with Gasteiger partial charge >= 0.3 is 0 Å². The monoisotopic (exact) mass is 330 g/mol. The van der Waals surface area contributed by atoms with E-state index in [1.54, 1.807) is 12.1 Å². The van der Waals surface area contributed by atoms with Crippen molar-refractivity contribution in [2.24, 2.45) is 0 Å². The smallest absolute Gasteiger partial charge is 0.199 e. The van der Waals surface area contributed by atoms with Gasteiger partial charge < -0.3 is 19.4 Å². The Balaban J connectivity index is 1.86. The number of aromatic hydroxyl groups is 1. The second-order valence-electron chi connectivity index (χ2n) is 5.80. The minimum absolute atomic E-state index is 0.00617. The van der Waals surface area contributed by atoms with E-state index in [0.29, 0.717) is 23.5 Å². The van der Waals surface area contributed by atoms with Crippen LogP contribution in [0.15, 0.2) is 42.5 Å². The van der Waals surface area contributed by atoms with E-state index < -0.39 is 5.92 Å². The van der Waals surface area contributed by atoms with Crippen LogP contribution in [0.3, 0.4) is 0 Å². The standard InChI is InChI=1S/C19H19FO4/c20-14-6-4-13(5-7-14)17(12-21)16-11-15(8-9-18(16)22)24-19-3-1-2-10-23-19/h4-9,11-12,17,19,22H,1-3,10H2. The van der Waals surface area contributed by atoms with Crippen LogP contribution >= 0.6 is 0 Å². The van der Waals surface area contributed by atoms with Gasteiger partial charge in [-0.05, 0) is 48.7 Å². The van der Waals surface area contributed by atoms with Gasteiger partial charge in [-0.3, -0.25) is 0 Å². The zero-order valence-electron chi connectivity index (χ0n) is 13.2. The van der Waals surface area contributed by atoms with Crippen molar-refractivity contribution < 1.29 is 23.8 Å². The summed E-state index contributed by atoms with van der Waals surface area (Å²) in [4.78, 5) is 11.6. The third-order valence-electron chi connectivity index (χ3n) is 4.10. The van der Waals surface area contributed by atoms with Gasteiger partial charge in [0.1, 0.15) is 23.6 Å². The van der Waals surface area contributed by atoms with Gasteiger partial charge in [0.25, 0.3) is 0 Å². The van der Waals surface area contributed by atoms with Crippen LogP contribution < -0.4 is 4.74 Å². The Kier molecular flexibility index (Phi) is 5.11. The molecule has 2 aromatic carbocycles. The molecule has 0 aliphatic carbocycles. The van der Waals surface area contributed by atoms with Crippen LogP contribution in [0.2, 0.25) is 0 Å². The summed E-state index contributed by atoms with van der Waals surface area (Å²) in [7, 11) is 0. The number of aldehydes is 1. The Hall–Kier alpha value is -2.40. The fraction of sp³-hybridized carbons (Fsp3) is 0.316. The third-order valence-corrected chi connectivity index (χ3v) is 4.10. The molecule has 126 valence electrons. The molecule has 0 spiro atoms. The molecule has 0 bridgehead atoms. The number of hydrogen-bond donors (Lipinski definition) is 1. The molecule has 0 radical (unpaired) electrons. The van der Waals surface area contributed by atoms with Crippen molar-refractivity contribution >= 4 is 6.29 Å². The van der Waals surface area contributed by atoms with E-state index in [2.05, 4.69) is 0 Å². The molecule has 1 N–H and O–H groups in total. The molecule has 3 rings (SSSR count). The summed E-state index contributed by atoms with van der Waals surface area (Å²) in [5.41, 5.74) is 1.03. The summed E-state index contributed by atoms with van der Waals surface area (Å²) in [6.45, 7) is 0.669. The maximum atomic E-state index is 13.1. The lowest BCUT2D eigenvalue weighted by molar-refractivity contribution is -0.108. The van der Waals surface area contributed by atoms with Crippen LogP contribution in [0.1, 0.15) is 36.3 Å².